The van der Waals surface area contributed by atoms with Crippen molar-refractivity contribution >= 4 is 5.78 Å². The number of hydrogen-bond donors (Lipinski definition) is 0. The molecule has 1 atom stereocenters. The molecule has 0 saturated carbocycles. The quantitative estimate of drug-likeness (QED) is 0.724. The van der Waals surface area contributed by atoms with Gasteiger partial charge in [0.05, 0.1) is 0 Å². The van der Waals surface area contributed by atoms with Crippen LogP contribution in [0.5, 0.6) is 0 Å². The minimum absolute atomic E-state index is 0.0535. The van der Waals surface area contributed by atoms with Gasteiger partial charge in [0, 0.05) is 12.7 Å². The molecule has 0 spiro atoms. The van der Waals surface area contributed by atoms with E-state index in [4.69, 9.17) is 4.74 Å². The summed E-state index contributed by atoms with van der Waals surface area (Å²) >= 11 is 0. The van der Waals surface area contributed by atoms with Gasteiger partial charge in [-0.1, -0.05) is 45.0 Å². The topological polar surface area (TPSA) is 26.3 Å². The van der Waals surface area contributed by atoms with Crippen molar-refractivity contribution in [3.05, 3.63) is 35.4 Å². The highest BCUT2D eigenvalue weighted by molar-refractivity contribution is 6.02. The SMILES string of the molecule is CCC(C)(OC)C(=O)c1ccc(C(C)C)cc1. The maximum Gasteiger partial charge on any atom is 0.194 e. The molecule has 0 N–H and O–H groups in total. The summed E-state index contributed by atoms with van der Waals surface area (Å²) in [6, 6.07) is 7.82. The lowest BCUT2D eigenvalue weighted by atomic mass is 9.91. The second kappa shape index (κ2) is 5.46. The number of Topliss-reactive ketones (excluding diaryl/α,β-unsaturated/α-hetero) is 1. The van der Waals surface area contributed by atoms with Gasteiger partial charge in [0.2, 0.25) is 0 Å². The first-order valence-corrected chi connectivity index (χ1v) is 6.14. The third-order valence-electron chi connectivity index (χ3n) is 3.45. The van der Waals surface area contributed by atoms with E-state index < -0.39 is 5.60 Å². The largest absolute Gasteiger partial charge is 0.370 e. The molecule has 1 aromatic carbocycles. The van der Waals surface area contributed by atoms with Crippen LogP contribution in [0.4, 0.5) is 0 Å². The second-order valence-electron chi connectivity index (χ2n) is 4.89. The first-order chi connectivity index (χ1) is 7.94. The van der Waals surface area contributed by atoms with Crippen LogP contribution >= 0.6 is 0 Å². The predicted molar refractivity (Wildman–Crippen MR) is 70.6 cm³/mol. The zero-order chi connectivity index (χ0) is 13.1. The second-order valence-corrected chi connectivity index (χ2v) is 4.89. The third kappa shape index (κ3) is 2.95. The van der Waals surface area contributed by atoms with Crippen molar-refractivity contribution < 1.29 is 9.53 Å². The predicted octanol–water partition coefficient (Wildman–Crippen LogP) is 3.81. The van der Waals surface area contributed by atoms with Gasteiger partial charge < -0.3 is 4.74 Å². The Morgan fingerprint density at radius 2 is 1.82 bits per heavy atom. The van der Waals surface area contributed by atoms with Crippen LogP contribution in [-0.4, -0.2) is 18.5 Å². The molecule has 2 nitrogen and oxygen atoms in total. The number of benzene rings is 1. The fourth-order valence-corrected chi connectivity index (χ4v) is 1.72. The van der Waals surface area contributed by atoms with E-state index in [1.165, 1.54) is 5.56 Å². The minimum atomic E-state index is -0.709. The Morgan fingerprint density at radius 3 is 2.18 bits per heavy atom. The van der Waals surface area contributed by atoms with Crippen molar-refractivity contribution in [3.63, 3.8) is 0 Å². The van der Waals surface area contributed by atoms with Crippen LogP contribution in [-0.2, 0) is 4.74 Å². The summed E-state index contributed by atoms with van der Waals surface area (Å²) in [6.45, 7) is 8.08. The van der Waals surface area contributed by atoms with E-state index in [-0.39, 0.29) is 5.78 Å². The molecule has 0 radical (unpaired) electrons. The number of ether oxygens (including phenoxy) is 1. The fraction of sp³-hybridized carbons (Fsp3) is 0.533. The van der Waals surface area contributed by atoms with Gasteiger partial charge in [-0.05, 0) is 24.8 Å². The van der Waals surface area contributed by atoms with Gasteiger partial charge >= 0.3 is 0 Å². The Bertz CT molecular complexity index is 372. The first kappa shape index (κ1) is 13.9. The van der Waals surface area contributed by atoms with E-state index in [1.807, 2.05) is 38.1 Å². The number of carbonyl (C=O) groups excluding carboxylic acids is 1. The molecule has 0 fully saturated rings. The van der Waals surface area contributed by atoms with Crippen molar-refractivity contribution in [2.45, 2.75) is 45.6 Å². The summed E-state index contributed by atoms with van der Waals surface area (Å²) in [5.74, 6) is 0.539. The molecule has 1 unspecified atom stereocenters. The molecule has 0 amide bonds. The van der Waals surface area contributed by atoms with E-state index in [1.54, 1.807) is 7.11 Å². The van der Waals surface area contributed by atoms with Gasteiger partial charge in [-0.25, -0.2) is 0 Å². The first-order valence-electron chi connectivity index (χ1n) is 6.14. The van der Waals surface area contributed by atoms with Crippen LogP contribution in [0.1, 0.15) is 56.0 Å². The lowest BCUT2D eigenvalue weighted by Gasteiger charge is -2.25. The number of hydrogen-bond acceptors (Lipinski definition) is 2. The normalized spacial score (nSPS) is 14.7. The Morgan fingerprint density at radius 1 is 1.29 bits per heavy atom. The van der Waals surface area contributed by atoms with Gasteiger partial charge in [0.15, 0.2) is 5.78 Å². The smallest absolute Gasteiger partial charge is 0.194 e. The zero-order valence-electron chi connectivity index (χ0n) is 11.4. The van der Waals surface area contributed by atoms with Crippen LogP contribution in [0.2, 0.25) is 0 Å². The standard InChI is InChI=1S/C15H22O2/c1-6-15(4,17-5)14(16)13-9-7-12(8-10-13)11(2)3/h7-11H,6H2,1-5H3. The summed E-state index contributed by atoms with van der Waals surface area (Å²) in [6.07, 6.45) is 0.675. The molecule has 1 aromatic rings. The molecule has 2 heteroatoms. The van der Waals surface area contributed by atoms with Crippen LogP contribution in [0.15, 0.2) is 24.3 Å². The molecule has 0 aromatic heterocycles. The summed E-state index contributed by atoms with van der Waals surface area (Å²) in [4.78, 5) is 12.3. The molecule has 94 valence electrons. The molecular weight excluding hydrogens is 212 g/mol. The average molecular weight is 234 g/mol. The van der Waals surface area contributed by atoms with E-state index >= 15 is 0 Å². The maximum atomic E-state index is 12.3. The van der Waals surface area contributed by atoms with Crippen molar-refractivity contribution in [2.75, 3.05) is 7.11 Å². The summed E-state index contributed by atoms with van der Waals surface area (Å²) in [5, 5.41) is 0. The Balaban J connectivity index is 2.97. The fourth-order valence-electron chi connectivity index (χ4n) is 1.72. The maximum absolute atomic E-state index is 12.3. The third-order valence-corrected chi connectivity index (χ3v) is 3.45. The minimum Gasteiger partial charge on any atom is -0.370 e. The highest BCUT2D eigenvalue weighted by atomic mass is 16.5. The summed E-state index contributed by atoms with van der Waals surface area (Å²) in [5.41, 5.74) is 1.26. The van der Waals surface area contributed by atoms with Gasteiger partial charge in [0.1, 0.15) is 5.60 Å². The molecule has 0 aliphatic carbocycles. The number of methoxy groups -OCH3 is 1. The molecule has 0 saturated heterocycles. The zero-order valence-corrected chi connectivity index (χ0v) is 11.4. The van der Waals surface area contributed by atoms with Gasteiger partial charge in [-0.3, -0.25) is 4.79 Å². The lowest BCUT2D eigenvalue weighted by Crippen LogP contribution is -2.36. The molecule has 17 heavy (non-hydrogen) atoms. The van der Waals surface area contributed by atoms with Gasteiger partial charge in [-0.2, -0.15) is 0 Å². The van der Waals surface area contributed by atoms with Crippen LogP contribution in [0.25, 0.3) is 0 Å². The average Bonchev–Trinajstić information content (AvgIpc) is 2.37. The number of rotatable bonds is 5. The van der Waals surface area contributed by atoms with E-state index in [0.29, 0.717) is 12.3 Å². The van der Waals surface area contributed by atoms with Crippen LogP contribution in [0, 0.1) is 0 Å². The molecule has 0 bridgehead atoms. The molecule has 0 aliphatic rings. The molecule has 0 heterocycles. The Kier molecular flexibility index (Phi) is 4.47. The number of ketones is 1. The van der Waals surface area contributed by atoms with E-state index in [0.717, 1.165) is 5.56 Å². The molecule has 1 rings (SSSR count). The van der Waals surface area contributed by atoms with E-state index in [2.05, 4.69) is 13.8 Å². The molecular formula is C15H22O2. The van der Waals surface area contributed by atoms with Crippen LogP contribution < -0.4 is 0 Å². The van der Waals surface area contributed by atoms with Crippen molar-refractivity contribution in [1.82, 2.24) is 0 Å². The molecule has 0 aliphatic heterocycles. The van der Waals surface area contributed by atoms with Crippen molar-refractivity contribution in [2.24, 2.45) is 0 Å². The highest BCUT2D eigenvalue weighted by Crippen LogP contribution is 2.22. The summed E-state index contributed by atoms with van der Waals surface area (Å²) in [7, 11) is 1.59. The Labute approximate surface area is 104 Å². The van der Waals surface area contributed by atoms with Crippen LogP contribution in [0.3, 0.4) is 0 Å². The highest BCUT2D eigenvalue weighted by Gasteiger charge is 2.31. The lowest BCUT2D eigenvalue weighted by molar-refractivity contribution is 0.0106. The Hall–Kier alpha value is -1.15. The van der Waals surface area contributed by atoms with Gasteiger partial charge in [0.25, 0.3) is 0 Å². The van der Waals surface area contributed by atoms with Gasteiger partial charge in [-0.15, -0.1) is 0 Å². The monoisotopic (exact) mass is 234 g/mol. The summed E-state index contributed by atoms with van der Waals surface area (Å²) < 4.78 is 5.33. The van der Waals surface area contributed by atoms with E-state index in [9.17, 15) is 4.79 Å². The van der Waals surface area contributed by atoms with Crippen molar-refractivity contribution in [3.8, 4) is 0 Å². The number of carbonyl (C=O) groups is 1. The van der Waals surface area contributed by atoms with Crippen molar-refractivity contribution in [1.29, 1.82) is 0 Å².